The van der Waals surface area contributed by atoms with Crippen molar-refractivity contribution >= 4 is 5.91 Å². The number of nitrogens with one attached hydrogen (secondary N) is 2. The Bertz CT molecular complexity index is 236. The predicted octanol–water partition coefficient (Wildman–Crippen LogP) is 2.10. The van der Waals surface area contributed by atoms with Gasteiger partial charge in [-0.25, -0.2) is 0 Å². The molecular weight excluding hydrogens is 268 g/mol. The summed E-state index contributed by atoms with van der Waals surface area (Å²) in [5.41, 5.74) is 0. The lowest BCUT2D eigenvalue weighted by atomic mass is 10.2. The highest BCUT2D eigenvalue weighted by atomic mass is 16.5. The number of carbonyl (C=O) groups excluding carboxylic acids is 1. The molecule has 0 unspecified atom stereocenters. The summed E-state index contributed by atoms with van der Waals surface area (Å²) in [6.07, 6.45) is 5.10. The summed E-state index contributed by atoms with van der Waals surface area (Å²) in [4.78, 5) is 11.0. The summed E-state index contributed by atoms with van der Waals surface area (Å²) in [5.74, 6) is 0.0854. The van der Waals surface area contributed by atoms with Crippen LogP contribution in [0.15, 0.2) is 0 Å². The van der Waals surface area contributed by atoms with E-state index in [4.69, 9.17) is 9.47 Å². The molecule has 126 valence electrons. The van der Waals surface area contributed by atoms with Crippen LogP contribution in [0, 0.1) is 0 Å². The van der Waals surface area contributed by atoms with Gasteiger partial charge in [0.05, 0.1) is 13.2 Å². The Kier molecular flexibility index (Phi) is 15.2. The summed E-state index contributed by atoms with van der Waals surface area (Å²) in [6.45, 7) is 10.7. The first-order valence-electron chi connectivity index (χ1n) is 8.32. The zero-order chi connectivity index (χ0) is 15.8. The second-order valence-corrected chi connectivity index (χ2v) is 5.45. The molecule has 0 atom stereocenters. The minimum Gasteiger partial charge on any atom is -0.380 e. The van der Waals surface area contributed by atoms with Crippen LogP contribution in [0.4, 0.5) is 0 Å². The molecule has 0 radical (unpaired) electrons. The maximum atomic E-state index is 11.0. The van der Waals surface area contributed by atoms with Crippen molar-refractivity contribution in [3.8, 4) is 0 Å². The second kappa shape index (κ2) is 15.7. The van der Waals surface area contributed by atoms with Crippen molar-refractivity contribution in [1.82, 2.24) is 10.6 Å². The second-order valence-electron chi connectivity index (χ2n) is 5.45. The zero-order valence-corrected chi connectivity index (χ0v) is 14.1. The third-order valence-corrected chi connectivity index (χ3v) is 3.02. The fraction of sp³-hybridized carbons (Fsp3) is 0.938. The fourth-order valence-corrected chi connectivity index (χ4v) is 1.77. The van der Waals surface area contributed by atoms with Crippen molar-refractivity contribution in [3.05, 3.63) is 0 Å². The molecule has 0 saturated heterocycles. The van der Waals surface area contributed by atoms with Gasteiger partial charge in [-0.2, -0.15) is 0 Å². The summed E-state index contributed by atoms with van der Waals surface area (Å²) in [5, 5.41) is 6.11. The fourth-order valence-electron chi connectivity index (χ4n) is 1.77. The Hall–Kier alpha value is -0.650. The van der Waals surface area contributed by atoms with Gasteiger partial charge in [0.15, 0.2) is 0 Å². The molecule has 0 spiro atoms. The van der Waals surface area contributed by atoms with Crippen molar-refractivity contribution in [2.75, 3.05) is 39.5 Å². The first-order chi connectivity index (χ1) is 10.2. The molecule has 5 nitrogen and oxygen atoms in total. The number of hydrogen-bond donors (Lipinski definition) is 2. The Morgan fingerprint density at radius 1 is 0.905 bits per heavy atom. The smallest absolute Gasteiger partial charge is 0.219 e. The van der Waals surface area contributed by atoms with E-state index in [0.717, 1.165) is 39.2 Å². The van der Waals surface area contributed by atoms with Crippen LogP contribution in [0.25, 0.3) is 0 Å². The summed E-state index contributed by atoms with van der Waals surface area (Å²) in [6, 6.07) is 0.531. The summed E-state index contributed by atoms with van der Waals surface area (Å²) >= 11 is 0. The van der Waals surface area contributed by atoms with Gasteiger partial charge in [0.1, 0.15) is 0 Å². The molecule has 0 heterocycles. The first-order valence-corrected chi connectivity index (χ1v) is 8.32. The molecule has 0 aliphatic rings. The minimum atomic E-state index is 0.0854. The van der Waals surface area contributed by atoms with Crippen molar-refractivity contribution in [1.29, 1.82) is 0 Å². The van der Waals surface area contributed by atoms with E-state index < -0.39 is 0 Å². The highest BCUT2D eigenvalue weighted by molar-refractivity contribution is 5.75. The van der Waals surface area contributed by atoms with Crippen LogP contribution in [-0.2, 0) is 14.3 Å². The quantitative estimate of drug-likeness (QED) is 0.455. The van der Waals surface area contributed by atoms with Crippen molar-refractivity contribution in [3.63, 3.8) is 0 Å². The Balaban J connectivity index is 3.01. The number of rotatable bonds is 15. The van der Waals surface area contributed by atoms with Gasteiger partial charge in [-0.1, -0.05) is 33.6 Å². The van der Waals surface area contributed by atoms with Crippen LogP contribution in [-0.4, -0.2) is 51.5 Å². The molecule has 0 rings (SSSR count). The Morgan fingerprint density at radius 3 is 2.00 bits per heavy atom. The van der Waals surface area contributed by atoms with Crippen LogP contribution in [0.2, 0.25) is 0 Å². The van der Waals surface area contributed by atoms with Gasteiger partial charge in [-0.3, -0.25) is 4.79 Å². The van der Waals surface area contributed by atoms with E-state index in [1.165, 1.54) is 12.8 Å². The highest BCUT2D eigenvalue weighted by Crippen LogP contribution is 2.00. The molecule has 0 aliphatic heterocycles. The van der Waals surface area contributed by atoms with E-state index in [1.807, 2.05) is 6.92 Å². The molecule has 0 aromatic carbocycles. The molecular formula is C16H34N2O3. The van der Waals surface area contributed by atoms with Gasteiger partial charge in [-0.15, -0.1) is 0 Å². The molecule has 0 fully saturated rings. The van der Waals surface area contributed by atoms with E-state index >= 15 is 0 Å². The van der Waals surface area contributed by atoms with Crippen LogP contribution in [0.5, 0.6) is 0 Å². The number of hydrogen-bond acceptors (Lipinski definition) is 4. The zero-order valence-electron chi connectivity index (χ0n) is 14.1. The van der Waals surface area contributed by atoms with Crippen LogP contribution in [0.3, 0.4) is 0 Å². The number of amides is 1. The minimum absolute atomic E-state index is 0.0854. The lowest BCUT2D eigenvalue weighted by Crippen LogP contribution is -2.26. The van der Waals surface area contributed by atoms with E-state index in [-0.39, 0.29) is 5.91 Å². The number of unbranched alkanes of at least 4 members (excludes halogenated alkanes) is 3. The van der Waals surface area contributed by atoms with Crippen LogP contribution < -0.4 is 10.6 Å². The molecule has 0 bridgehead atoms. The molecule has 0 saturated carbocycles. The molecule has 1 amide bonds. The molecule has 0 aromatic rings. The Labute approximate surface area is 130 Å². The first kappa shape index (κ1) is 20.3. The SMILES string of the molecule is CCC(=O)NCCOCCCCCCOCCNC(C)C. The number of ether oxygens (including phenoxy) is 2. The van der Waals surface area contributed by atoms with Gasteiger partial charge >= 0.3 is 0 Å². The molecule has 21 heavy (non-hydrogen) atoms. The molecule has 0 aliphatic carbocycles. The Morgan fingerprint density at radius 2 is 1.48 bits per heavy atom. The topological polar surface area (TPSA) is 59.6 Å². The van der Waals surface area contributed by atoms with Crippen molar-refractivity contribution in [2.45, 2.75) is 58.9 Å². The molecule has 2 N–H and O–H groups in total. The summed E-state index contributed by atoms with van der Waals surface area (Å²) in [7, 11) is 0. The average molecular weight is 302 g/mol. The average Bonchev–Trinajstić information content (AvgIpc) is 2.46. The van der Waals surface area contributed by atoms with Gasteiger partial charge in [0, 0.05) is 38.8 Å². The summed E-state index contributed by atoms with van der Waals surface area (Å²) < 4.78 is 11.0. The van der Waals surface area contributed by atoms with E-state index in [0.29, 0.717) is 25.6 Å². The van der Waals surface area contributed by atoms with Crippen molar-refractivity contribution < 1.29 is 14.3 Å². The van der Waals surface area contributed by atoms with Gasteiger partial charge < -0.3 is 20.1 Å². The lowest BCUT2D eigenvalue weighted by Gasteiger charge is -2.08. The highest BCUT2D eigenvalue weighted by Gasteiger charge is 1.96. The van der Waals surface area contributed by atoms with Gasteiger partial charge in [0.25, 0.3) is 0 Å². The van der Waals surface area contributed by atoms with Gasteiger partial charge in [0.2, 0.25) is 5.91 Å². The third-order valence-electron chi connectivity index (χ3n) is 3.02. The van der Waals surface area contributed by atoms with Crippen LogP contribution >= 0.6 is 0 Å². The van der Waals surface area contributed by atoms with Crippen molar-refractivity contribution in [2.24, 2.45) is 0 Å². The predicted molar refractivity (Wildman–Crippen MR) is 86.5 cm³/mol. The monoisotopic (exact) mass is 302 g/mol. The number of carbonyl (C=O) groups is 1. The van der Waals surface area contributed by atoms with E-state index in [1.54, 1.807) is 0 Å². The standard InChI is InChI=1S/C16H34N2O3/c1-4-16(19)18-10-14-21-12-8-6-5-7-11-20-13-9-17-15(2)3/h15,17H,4-14H2,1-3H3,(H,18,19). The maximum Gasteiger partial charge on any atom is 0.219 e. The van der Waals surface area contributed by atoms with Crippen LogP contribution in [0.1, 0.15) is 52.9 Å². The normalized spacial score (nSPS) is 11.0. The molecule has 0 aromatic heterocycles. The van der Waals surface area contributed by atoms with E-state index in [9.17, 15) is 4.79 Å². The lowest BCUT2D eigenvalue weighted by molar-refractivity contribution is -0.121. The molecule has 5 heteroatoms. The largest absolute Gasteiger partial charge is 0.380 e. The van der Waals surface area contributed by atoms with Gasteiger partial charge in [-0.05, 0) is 12.8 Å². The van der Waals surface area contributed by atoms with E-state index in [2.05, 4.69) is 24.5 Å². The third kappa shape index (κ3) is 17.3. The maximum absolute atomic E-state index is 11.0.